The summed E-state index contributed by atoms with van der Waals surface area (Å²) in [6.07, 6.45) is 0.825. The van der Waals surface area contributed by atoms with E-state index in [9.17, 15) is 4.79 Å². The normalized spacial score (nSPS) is 10.1. The first-order chi connectivity index (χ1) is 6.31. The van der Waals surface area contributed by atoms with E-state index in [1.165, 1.54) is 11.3 Å². The number of aromatic nitrogens is 1. The summed E-state index contributed by atoms with van der Waals surface area (Å²) in [6, 6.07) is 5.86. The summed E-state index contributed by atoms with van der Waals surface area (Å²) < 4.78 is 1.04. The standard InChI is InChI=1S/C9H10N2OS.ClH/c10-5-4-6-2-1-3-7-8(6)13-9(12)11-7;/h1-3H,4-5,10H2,(H,11,12);1H. The van der Waals surface area contributed by atoms with Gasteiger partial charge in [-0.05, 0) is 24.6 Å². The maximum Gasteiger partial charge on any atom is 0.305 e. The Morgan fingerprint density at radius 3 is 2.93 bits per heavy atom. The molecule has 76 valence electrons. The van der Waals surface area contributed by atoms with Gasteiger partial charge in [-0.1, -0.05) is 23.5 Å². The van der Waals surface area contributed by atoms with E-state index in [2.05, 4.69) is 4.98 Å². The Bertz CT molecular complexity index is 477. The number of hydrogen-bond acceptors (Lipinski definition) is 3. The second-order valence-corrected chi connectivity index (χ2v) is 3.83. The van der Waals surface area contributed by atoms with Crippen molar-refractivity contribution in [2.75, 3.05) is 6.54 Å². The highest BCUT2D eigenvalue weighted by Gasteiger charge is 2.03. The van der Waals surface area contributed by atoms with Crippen LogP contribution in [-0.2, 0) is 6.42 Å². The molecule has 0 fully saturated rings. The van der Waals surface area contributed by atoms with Crippen molar-refractivity contribution in [3.05, 3.63) is 33.4 Å². The molecule has 3 nitrogen and oxygen atoms in total. The molecule has 0 spiro atoms. The summed E-state index contributed by atoms with van der Waals surface area (Å²) >= 11 is 1.25. The zero-order valence-electron chi connectivity index (χ0n) is 7.45. The molecule has 1 aromatic carbocycles. The fraction of sp³-hybridized carbons (Fsp3) is 0.222. The number of halogens is 1. The summed E-state index contributed by atoms with van der Waals surface area (Å²) in [6.45, 7) is 0.616. The minimum absolute atomic E-state index is 0. The lowest BCUT2D eigenvalue weighted by Crippen LogP contribution is -2.02. The molecule has 0 atom stereocenters. The second kappa shape index (κ2) is 4.59. The van der Waals surface area contributed by atoms with E-state index in [4.69, 9.17) is 5.73 Å². The summed E-state index contributed by atoms with van der Waals surface area (Å²) in [7, 11) is 0. The molecule has 2 rings (SSSR count). The quantitative estimate of drug-likeness (QED) is 0.822. The van der Waals surface area contributed by atoms with Gasteiger partial charge in [0.2, 0.25) is 0 Å². The Hall–Kier alpha value is -0.840. The number of rotatable bonds is 2. The number of H-pyrrole nitrogens is 1. The van der Waals surface area contributed by atoms with Gasteiger partial charge in [0.05, 0.1) is 10.2 Å². The molecule has 0 aliphatic rings. The Labute approximate surface area is 91.4 Å². The topological polar surface area (TPSA) is 58.9 Å². The molecule has 0 bridgehead atoms. The van der Waals surface area contributed by atoms with E-state index in [0.29, 0.717) is 6.54 Å². The lowest BCUT2D eigenvalue weighted by atomic mass is 10.1. The maximum absolute atomic E-state index is 11.1. The van der Waals surface area contributed by atoms with Gasteiger partial charge in [-0.15, -0.1) is 12.4 Å². The second-order valence-electron chi connectivity index (χ2n) is 2.85. The van der Waals surface area contributed by atoms with Gasteiger partial charge in [0.15, 0.2) is 0 Å². The van der Waals surface area contributed by atoms with Gasteiger partial charge in [0.25, 0.3) is 0 Å². The molecular weight excluding hydrogens is 220 g/mol. The molecular formula is C9H11ClN2OS. The fourth-order valence-electron chi connectivity index (χ4n) is 1.38. The fourth-order valence-corrected chi connectivity index (χ4v) is 2.26. The first kappa shape index (κ1) is 11.2. The van der Waals surface area contributed by atoms with Crippen LogP contribution >= 0.6 is 23.7 Å². The molecule has 0 amide bonds. The summed E-state index contributed by atoms with van der Waals surface area (Å²) in [4.78, 5) is 13.9. The van der Waals surface area contributed by atoms with Crippen LogP contribution in [0.3, 0.4) is 0 Å². The molecule has 0 saturated heterocycles. The monoisotopic (exact) mass is 230 g/mol. The predicted molar refractivity (Wildman–Crippen MR) is 62.5 cm³/mol. The highest BCUT2D eigenvalue weighted by atomic mass is 35.5. The van der Waals surface area contributed by atoms with Crippen LogP contribution in [0.5, 0.6) is 0 Å². The first-order valence-electron chi connectivity index (χ1n) is 4.12. The minimum atomic E-state index is -0.000489. The third-order valence-corrected chi connectivity index (χ3v) is 2.92. The molecule has 0 unspecified atom stereocenters. The predicted octanol–water partition coefficient (Wildman–Crippen LogP) is 1.51. The lowest BCUT2D eigenvalue weighted by Gasteiger charge is -1.98. The van der Waals surface area contributed by atoms with Crippen LogP contribution in [0.4, 0.5) is 0 Å². The van der Waals surface area contributed by atoms with Gasteiger partial charge in [-0.3, -0.25) is 4.79 Å². The average Bonchev–Trinajstić information content (AvgIpc) is 2.47. The first-order valence-corrected chi connectivity index (χ1v) is 4.93. The van der Waals surface area contributed by atoms with Gasteiger partial charge >= 0.3 is 4.87 Å². The van der Waals surface area contributed by atoms with Crippen LogP contribution in [0, 0.1) is 0 Å². The van der Waals surface area contributed by atoms with Crippen molar-refractivity contribution in [3.8, 4) is 0 Å². The van der Waals surface area contributed by atoms with Crippen molar-refractivity contribution >= 4 is 34.0 Å². The summed E-state index contributed by atoms with van der Waals surface area (Å²) in [5.41, 5.74) is 7.55. The maximum atomic E-state index is 11.1. The van der Waals surface area contributed by atoms with Crippen LogP contribution in [0.25, 0.3) is 10.2 Å². The smallest absolute Gasteiger partial charge is 0.305 e. The molecule has 0 saturated carbocycles. The van der Waals surface area contributed by atoms with E-state index < -0.39 is 0 Å². The zero-order chi connectivity index (χ0) is 9.26. The summed E-state index contributed by atoms with van der Waals surface area (Å²) in [5, 5.41) is 0. The van der Waals surface area contributed by atoms with Crippen molar-refractivity contribution in [2.45, 2.75) is 6.42 Å². The van der Waals surface area contributed by atoms with E-state index in [-0.39, 0.29) is 17.3 Å². The Kier molecular flexibility index (Phi) is 3.69. The van der Waals surface area contributed by atoms with Crippen LogP contribution in [-0.4, -0.2) is 11.5 Å². The van der Waals surface area contributed by atoms with Crippen molar-refractivity contribution in [2.24, 2.45) is 5.73 Å². The lowest BCUT2D eigenvalue weighted by molar-refractivity contribution is 0.979. The number of fused-ring (bicyclic) bond motifs is 1. The Morgan fingerprint density at radius 2 is 2.21 bits per heavy atom. The number of nitrogens with one attached hydrogen (secondary N) is 1. The van der Waals surface area contributed by atoms with Gasteiger partial charge < -0.3 is 10.7 Å². The van der Waals surface area contributed by atoms with E-state index in [0.717, 1.165) is 22.2 Å². The van der Waals surface area contributed by atoms with Crippen LogP contribution in [0.15, 0.2) is 23.0 Å². The van der Waals surface area contributed by atoms with Gasteiger partial charge in [-0.25, -0.2) is 0 Å². The average molecular weight is 231 g/mol. The van der Waals surface area contributed by atoms with Crippen LogP contribution in [0.1, 0.15) is 5.56 Å². The third kappa shape index (κ3) is 1.97. The molecule has 3 N–H and O–H groups in total. The van der Waals surface area contributed by atoms with Crippen molar-refractivity contribution in [3.63, 3.8) is 0 Å². The molecule has 0 aliphatic carbocycles. The molecule has 1 aromatic heterocycles. The molecule has 1 heterocycles. The molecule has 2 aromatic rings. The van der Waals surface area contributed by atoms with Crippen LogP contribution < -0.4 is 10.6 Å². The van der Waals surface area contributed by atoms with Crippen molar-refractivity contribution < 1.29 is 0 Å². The minimum Gasteiger partial charge on any atom is -0.330 e. The highest BCUT2D eigenvalue weighted by molar-refractivity contribution is 7.16. The number of aromatic amines is 1. The molecule has 14 heavy (non-hydrogen) atoms. The molecule has 0 aliphatic heterocycles. The van der Waals surface area contributed by atoms with Crippen molar-refractivity contribution in [1.82, 2.24) is 4.98 Å². The number of thiazole rings is 1. The third-order valence-electron chi connectivity index (χ3n) is 1.94. The van der Waals surface area contributed by atoms with E-state index in [1.54, 1.807) is 0 Å². The number of nitrogens with two attached hydrogens (primary N) is 1. The zero-order valence-corrected chi connectivity index (χ0v) is 9.08. The SMILES string of the molecule is Cl.NCCc1cccc2[nH]c(=O)sc12. The number of benzene rings is 1. The van der Waals surface area contributed by atoms with Gasteiger partial charge in [0, 0.05) is 0 Å². The Morgan fingerprint density at radius 1 is 1.43 bits per heavy atom. The van der Waals surface area contributed by atoms with E-state index in [1.807, 2.05) is 18.2 Å². The largest absolute Gasteiger partial charge is 0.330 e. The molecule has 0 radical (unpaired) electrons. The highest BCUT2D eigenvalue weighted by Crippen LogP contribution is 2.19. The Balaban J connectivity index is 0.000000980. The van der Waals surface area contributed by atoms with Crippen LogP contribution in [0.2, 0.25) is 0 Å². The van der Waals surface area contributed by atoms with Gasteiger partial charge in [-0.2, -0.15) is 0 Å². The van der Waals surface area contributed by atoms with Gasteiger partial charge in [0.1, 0.15) is 0 Å². The van der Waals surface area contributed by atoms with Crippen molar-refractivity contribution in [1.29, 1.82) is 0 Å². The van der Waals surface area contributed by atoms with E-state index >= 15 is 0 Å². The molecule has 5 heteroatoms. The number of hydrogen-bond donors (Lipinski definition) is 2. The summed E-state index contributed by atoms with van der Waals surface area (Å²) in [5.74, 6) is 0.